The molecular weight excluding hydrogens is 919 g/mol. The number of benzene rings is 4. The standard InChI is InChI=1S/C18H20ClN3O3S.C14H11BrClNO3S.C9H18N2O2/c19-14-12-16(21-8-6-20-7-9-21)18-17(13-14)22(10-11-25-18)26(23,24)15-4-2-1-3-5-15;15-12-8-10(16)9-13-14(12)20-7-6-17(13)21(18,19)11-4-2-1-3-5-11;1-9(2,3)13-8(12)11-6-4-10-5-7-11/h1-5,12-13,20H,6-11H2;1-5,8-9H,6-7H2;10H,4-7H2,1-3H3. The maximum atomic E-state index is 13.2. The summed E-state index contributed by atoms with van der Waals surface area (Å²) >= 11 is 15.7. The highest BCUT2D eigenvalue weighted by atomic mass is 79.9. The zero-order valence-electron chi connectivity index (χ0n) is 33.6. The summed E-state index contributed by atoms with van der Waals surface area (Å²) < 4.78 is 71.9. The van der Waals surface area contributed by atoms with Crippen molar-refractivity contribution in [2.24, 2.45) is 0 Å². The van der Waals surface area contributed by atoms with Crippen LogP contribution in [0.5, 0.6) is 11.5 Å². The highest BCUT2D eigenvalue weighted by Crippen LogP contribution is 2.45. The summed E-state index contributed by atoms with van der Waals surface area (Å²) in [6, 6.07) is 23.6. The Labute approximate surface area is 370 Å². The van der Waals surface area contributed by atoms with Gasteiger partial charge in [0.1, 0.15) is 18.8 Å². The van der Waals surface area contributed by atoms with Crippen molar-refractivity contribution in [3.8, 4) is 11.5 Å². The van der Waals surface area contributed by atoms with Gasteiger partial charge in [-0.2, -0.15) is 0 Å². The van der Waals surface area contributed by atoms with Gasteiger partial charge in [-0.25, -0.2) is 21.6 Å². The van der Waals surface area contributed by atoms with Crippen LogP contribution >= 0.6 is 39.1 Å². The molecule has 14 nitrogen and oxygen atoms in total. The molecule has 2 saturated heterocycles. The number of fused-ring (bicyclic) bond motifs is 2. The van der Waals surface area contributed by atoms with E-state index >= 15 is 0 Å². The Hall–Kier alpha value is -3.97. The van der Waals surface area contributed by atoms with E-state index in [9.17, 15) is 21.6 Å². The molecule has 0 aromatic heterocycles. The van der Waals surface area contributed by atoms with Crippen molar-refractivity contribution >= 4 is 82.3 Å². The van der Waals surface area contributed by atoms with Crippen molar-refractivity contribution in [3.05, 3.63) is 99.4 Å². The van der Waals surface area contributed by atoms with Gasteiger partial charge in [-0.15, -0.1) is 0 Å². The Morgan fingerprint density at radius 2 is 1.08 bits per heavy atom. The second kappa shape index (κ2) is 19.8. The van der Waals surface area contributed by atoms with Gasteiger partial charge < -0.3 is 34.6 Å². The lowest BCUT2D eigenvalue weighted by molar-refractivity contribution is 0.0229. The van der Waals surface area contributed by atoms with E-state index in [-0.39, 0.29) is 34.6 Å². The number of hydrogen-bond donors (Lipinski definition) is 2. The summed E-state index contributed by atoms with van der Waals surface area (Å²) in [6.07, 6.45) is -0.200. The summed E-state index contributed by atoms with van der Waals surface area (Å²) in [5, 5.41) is 7.44. The molecule has 4 aliphatic heterocycles. The van der Waals surface area contributed by atoms with Crippen molar-refractivity contribution < 1.29 is 35.8 Å². The topological polar surface area (TPSA) is 150 Å². The molecule has 0 spiro atoms. The van der Waals surface area contributed by atoms with E-state index in [0.717, 1.165) is 58.0 Å². The maximum absolute atomic E-state index is 13.2. The van der Waals surface area contributed by atoms with Crippen molar-refractivity contribution in [1.29, 1.82) is 0 Å². The van der Waals surface area contributed by atoms with Crippen LogP contribution in [0.15, 0.2) is 99.2 Å². The van der Waals surface area contributed by atoms with Crippen LogP contribution in [-0.4, -0.2) is 112 Å². The average Bonchev–Trinajstić information content (AvgIpc) is 3.24. The van der Waals surface area contributed by atoms with Crippen molar-refractivity contribution in [3.63, 3.8) is 0 Å². The minimum absolute atomic E-state index is 0.200. The zero-order chi connectivity index (χ0) is 43.1. The SMILES string of the molecule is CC(C)(C)OC(=O)N1CCNCC1.O=S(=O)(c1ccccc1)N1CCOc2c(Br)cc(Cl)cc21.O=S(=O)(c1ccccc1)N1CCOc2c(N3CCNCC3)cc(Cl)cc21. The number of halogens is 3. The Bertz CT molecular complexity index is 2330. The van der Waals surface area contributed by atoms with Crippen LogP contribution in [0.1, 0.15) is 20.8 Å². The van der Waals surface area contributed by atoms with E-state index in [4.69, 9.17) is 37.4 Å². The van der Waals surface area contributed by atoms with E-state index in [2.05, 4.69) is 31.5 Å². The fourth-order valence-electron chi connectivity index (χ4n) is 6.73. The molecule has 60 heavy (non-hydrogen) atoms. The van der Waals surface area contributed by atoms with Crippen molar-refractivity contribution in [1.82, 2.24) is 15.5 Å². The summed E-state index contributed by atoms with van der Waals surface area (Å²) in [5.41, 5.74) is 1.41. The van der Waals surface area contributed by atoms with E-state index in [0.29, 0.717) is 50.6 Å². The highest BCUT2D eigenvalue weighted by molar-refractivity contribution is 9.10. The lowest BCUT2D eigenvalue weighted by atomic mass is 10.2. The molecule has 8 rings (SSSR count). The van der Waals surface area contributed by atoms with Gasteiger partial charge in [-0.05, 0) is 85.2 Å². The normalized spacial score (nSPS) is 16.7. The Balaban J connectivity index is 0.000000160. The van der Waals surface area contributed by atoms with Crippen LogP contribution in [0, 0.1) is 0 Å². The number of ether oxygens (including phenoxy) is 3. The third-order valence-corrected chi connectivity index (χ3v) is 14.2. The van der Waals surface area contributed by atoms with Crippen LogP contribution in [0.2, 0.25) is 10.0 Å². The van der Waals surface area contributed by atoms with Crippen LogP contribution in [0.3, 0.4) is 0 Å². The predicted octanol–water partition coefficient (Wildman–Crippen LogP) is 6.85. The summed E-state index contributed by atoms with van der Waals surface area (Å²) in [5.74, 6) is 1.08. The summed E-state index contributed by atoms with van der Waals surface area (Å²) in [4.78, 5) is 15.9. The van der Waals surface area contributed by atoms with Gasteiger partial charge >= 0.3 is 6.09 Å². The minimum Gasteiger partial charge on any atom is -0.488 e. The number of nitrogens with zero attached hydrogens (tertiary/aromatic N) is 4. The van der Waals surface area contributed by atoms with Crippen LogP contribution < -0.4 is 33.6 Å². The molecule has 0 saturated carbocycles. The summed E-state index contributed by atoms with van der Waals surface area (Å²) in [7, 11) is -7.31. The molecule has 4 aliphatic rings. The molecule has 324 valence electrons. The van der Waals surface area contributed by atoms with E-state index < -0.39 is 20.0 Å². The lowest BCUT2D eigenvalue weighted by Gasteiger charge is -2.36. The van der Waals surface area contributed by atoms with E-state index in [1.54, 1.807) is 83.8 Å². The Morgan fingerprint density at radius 1 is 0.650 bits per heavy atom. The maximum Gasteiger partial charge on any atom is 0.410 e. The number of carbonyl (C=O) groups excluding carboxylic acids is 1. The molecule has 1 amide bonds. The number of hydrogen-bond acceptors (Lipinski definition) is 11. The molecule has 0 atom stereocenters. The van der Waals surface area contributed by atoms with Gasteiger partial charge in [0.2, 0.25) is 0 Å². The Morgan fingerprint density at radius 3 is 1.58 bits per heavy atom. The lowest BCUT2D eigenvalue weighted by Crippen LogP contribution is -2.48. The van der Waals surface area contributed by atoms with Gasteiger partial charge in [0.25, 0.3) is 20.0 Å². The fraction of sp³-hybridized carbons (Fsp3) is 0.390. The Kier molecular flexibility index (Phi) is 15.0. The summed E-state index contributed by atoms with van der Waals surface area (Å²) in [6.45, 7) is 13.3. The molecule has 4 aromatic rings. The van der Waals surface area contributed by atoms with Gasteiger partial charge in [-0.3, -0.25) is 8.61 Å². The molecule has 4 aromatic carbocycles. The second-order valence-electron chi connectivity index (χ2n) is 14.9. The van der Waals surface area contributed by atoms with Crippen molar-refractivity contribution in [2.45, 2.75) is 36.2 Å². The first kappa shape index (κ1) is 45.6. The largest absolute Gasteiger partial charge is 0.488 e. The molecule has 0 radical (unpaired) electrons. The number of anilines is 3. The molecule has 2 fully saturated rings. The highest BCUT2D eigenvalue weighted by Gasteiger charge is 2.34. The quantitative estimate of drug-likeness (QED) is 0.216. The second-order valence-corrected chi connectivity index (χ2v) is 20.4. The third-order valence-electron chi connectivity index (χ3n) is 9.51. The average molecular weight is 969 g/mol. The monoisotopic (exact) mass is 966 g/mol. The molecule has 0 bridgehead atoms. The smallest absolute Gasteiger partial charge is 0.410 e. The first-order valence-electron chi connectivity index (χ1n) is 19.4. The third kappa shape index (κ3) is 11.1. The number of amides is 1. The number of carbonyl (C=O) groups is 1. The first-order chi connectivity index (χ1) is 28.6. The van der Waals surface area contributed by atoms with Crippen LogP contribution in [-0.2, 0) is 24.8 Å². The van der Waals surface area contributed by atoms with E-state index in [1.807, 2.05) is 26.8 Å². The molecule has 4 heterocycles. The number of rotatable bonds is 5. The molecule has 2 N–H and O–H groups in total. The molecule has 0 unspecified atom stereocenters. The molecule has 19 heteroatoms. The number of sulfonamides is 2. The minimum atomic E-state index is -3.68. The fourth-order valence-corrected chi connectivity index (χ4v) is 10.8. The number of nitrogens with one attached hydrogen (secondary N) is 2. The molecular formula is C41H49BrCl2N6O8S2. The van der Waals surface area contributed by atoms with Gasteiger partial charge in [0.15, 0.2) is 11.5 Å². The zero-order valence-corrected chi connectivity index (χ0v) is 38.3. The van der Waals surface area contributed by atoms with Crippen LogP contribution in [0.25, 0.3) is 0 Å². The number of piperazine rings is 2. The molecule has 0 aliphatic carbocycles. The van der Waals surface area contributed by atoms with Gasteiger partial charge in [-0.1, -0.05) is 59.6 Å². The van der Waals surface area contributed by atoms with Crippen molar-refractivity contribution in [2.75, 3.05) is 92.2 Å². The van der Waals surface area contributed by atoms with Gasteiger partial charge in [0, 0.05) is 62.4 Å². The van der Waals surface area contributed by atoms with Crippen LogP contribution in [0.4, 0.5) is 21.9 Å². The van der Waals surface area contributed by atoms with E-state index in [1.165, 1.54) is 8.61 Å². The van der Waals surface area contributed by atoms with Gasteiger partial charge in [0.05, 0.1) is 44.4 Å². The first-order valence-corrected chi connectivity index (χ1v) is 23.9. The predicted molar refractivity (Wildman–Crippen MR) is 239 cm³/mol.